The summed E-state index contributed by atoms with van der Waals surface area (Å²) in [5.74, 6) is 0.200. The molecule has 2 saturated heterocycles. The van der Waals surface area contributed by atoms with Gasteiger partial charge in [0.2, 0.25) is 5.91 Å². The fourth-order valence-corrected chi connectivity index (χ4v) is 4.36. The maximum Gasteiger partial charge on any atom is 0.410 e. The van der Waals surface area contributed by atoms with Gasteiger partial charge in [0.15, 0.2) is 0 Å². The monoisotopic (exact) mass is 407 g/mol. The van der Waals surface area contributed by atoms with E-state index < -0.39 is 5.60 Å². The molecule has 0 saturated carbocycles. The van der Waals surface area contributed by atoms with Crippen molar-refractivity contribution in [3.8, 4) is 0 Å². The molecule has 0 N–H and O–H groups in total. The number of aromatic nitrogens is 1. The number of carbonyl (C=O) groups is 2. The van der Waals surface area contributed by atoms with Crippen molar-refractivity contribution in [1.29, 1.82) is 0 Å². The molecule has 0 spiro atoms. The Hall–Kier alpha value is -2.89. The molecule has 0 bridgehead atoms. The summed E-state index contributed by atoms with van der Waals surface area (Å²) < 4.78 is 5.63. The molecular formula is C24H29N3O3. The molecular weight excluding hydrogens is 378 g/mol. The second-order valence-corrected chi connectivity index (χ2v) is 9.15. The predicted molar refractivity (Wildman–Crippen MR) is 114 cm³/mol. The summed E-state index contributed by atoms with van der Waals surface area (Å²) in [7, 11) is 0. The Morgan fingerprint density at radius 2 is 1.73 bits per heavy atom. The van der Waals surface area contributed by atoms with E-state index >= 15 is 0 Å². The number of carbonyl (C=O) groups excluding carboxylic acids is 2. The lowest BCUT2D eigenvalue weighted by atomic mass is 9.87. The normalized spacial score (nSPS) is 22.0. The maximum absolute atomic E-state index is 13.4. The number of amides is 2. The largest absolute Gasteiger partial charge is 0.444 e. The van der Waals surface area contributed by atoms with Crippen LogP contribution in [-0.4, -0.2) is 52.0 Å². The van der Waals surface area contributed by atoms with Crippen molar-refractivity contribution in [3.05, 3.63) is 66.0 Å². The average molecular weight is 408 g/mol. The molecule has 2 amide bonds. The van der Waals surface area contributed by atoms with Crippen LogP contribution in [0.5, 0.6) is 0 Å². The van der Waals surface area contributed by atoms with Crippen LogP contribution < -0.4 is 0 Å². The van der Waals surface area contributed by atoms with Crippen molar-refractivity contribution in [2.45, 2.75) is 44.8 Å². The van der Waals surface area contributed by atoms with Crippen LogP contribution in [0.3, 0.4) is 0 Å². The van der Waals surface area contributed by atoms with E-state index in [4.69, 9.17) is 4.74 Å². The molecule has 4 rings (SSSR count). The maximum atomic E-state index is 13.4. The molecule has 1 aromatic carbocycles. The fourth-order valence-electron chi connectivity index (χ4n) is 4.36. The van der Waals surface area contributed by atoms with Crippen molar-refractivity contribution < 1.29 is 14.3 Å². The first-order valence-electron chi connectivity index (χ1n) is 10.6. The number of hydrogen-bond acceptors (Lipinski definition) is 4. The Balaban J connectivity index is 1.50. The Kier molecular flexibility index (Phi) is 5.50. The molecule has 2 atom stereocenters. The molecule has 30 heavy (non-hydrogen) atoms. The topological polar surface area (TPSA) is 62.7 Å². The van der Waals surface area contributed by atoms with Crippen molar-refractivity contribution in [2.24, 2.45) is 5.92 Å². The quantitative estimate of drug-likeness (QED) is 0.771. The van der Waals surface area contributed by atoms with Gasteiger partial charge in [-0.2, -0.15) is 0 Å². The third-order valence-electron chi connectivity index (χ3n) is 5.83. The van der Waals surface area contributed by atoms with E-state index in [9.17, 15) is 9.59 Å². The van der Waals surface area contributed by atoms with E-state index in [1.807, 2.05) is 68.3 Å². The van der Waals surface area contributed by atoms with E-state index in [0.717, 1.165) is 5.56 Å². The highest BCUT2D eigenvalue weighted by molar-refractivity contribution is 5.83. The van der Waals surface area contributed by atoms with Crippen molar-refractivity contribution in [1.82, 2.24) is 14.8 Å². The van der Waals surface area contributed by atoms with Gasteiger partial charge in [-0.3, -0.25) is 9.78 Å². The summed E-state index contributed by atoms with van der Waals surface area (Å²) in [6.45, 7) is 7.51. The molecule has 0 unspecified atom stereocenters. The first-order valence-corrected chi connectivity index (χ1v) is 10.6. The lowest BCUT2D eigenvalue weighted by Crippen LogP contribution is -2.51. The summed E-state index contributed by atoms with van der Waals surface area (Å²) in [5, 5.41) is 0. The van der Waals surface area contributed by atoms with Crippen molar-refractivity contribution in [2.75, 3.05) is 19.6 Å². The zero-order chi connectivity index (χ0) is 21.3. The molecule has 6 nitrogen and oxygen atoms in total. The minimum absolute atomic E-state index is 0.120. The number of ether oxygens (including phenoxy) is 1. The van der Waals surface area contributed by atoms with Crippen LogP contribution in [0.15, 0.2) is 54.9 Å². The Labute approximate surface area is 177 Å². The first kappa shape index (κ1) is 20.4. The standard InChI is InChI=1S/C24H29N3O3/c1-24(2,3)30-23(29)27-13-11-20(21(27)17-8-5-4-6-9-17)22(28)26-15-19(16-26)18-10-7-12-25-14-18/h4-10,12,14,19-21H,11,13,15-16H2,1-3H3/t20-,21+/m1/s1. The minimum Gasteiger partial charge on any atom is -0.444 e. The van der Waals surface area contributed by atoms with Crippen LogP contribution in [0.4, 0.5) is 4.79 Å². The van der Waals surface area contributed by atoms with Crippen LogP contribution >= 0.6 is 0 Å². The van der Waals surface area contributed by atoms with Gasteiger partial charge in [-0.15, -0.1) is 0 Å². The third-order valence-corrected chi connectivity index (χ3v) is 5.83. The Morgan fingerprint density at radius 3 is 2.37 bits per heavy atom. The second-order valence-electron chi connectivity index (χ2n) is 9.15. The molecule has 3 heterocycles. The number of pyridine rings is 1. The van der Waals surface area contributed by atoms with Gasteiger partial charge in [0.1, 0.15) is 5.60 Å². The molecule has 2 aromatic rings. The SMILES string of the molecule is CC(C)(C)OC(=O)N1CC[C@@H](C(=O)N2CC(c3cccnc3)C2)[C@@H]1c1ccccc1. The first-order chi connectivity index (χ1) is 14.3. The van der Waals surface area contributed by atoms with E-state index in [1.54, 1.807) is 11.1 Å². The molecule has 0 radical (unpaired) electrons. The number of hydrogen-bond donors (Lipinski definition) is 0. The number of nitrogens with zero attached hydrogens (tertiary/aromatic N) is 3. The lowest BCUT2D eigenvalue weighted by Gasteiger charge is -2.42. The van der Waals surface area contributed by atoms with Crippen molar-refractivity contribution in [3.63, 3.8) is 0 Å². The van der Waals surface area contributed by atoms with E-state index in [1.165, 1.54) is 5.56 Å². The zero-order valence-corrected chi connectivity index (χ0v) is 17.8. The van der Waals surface area contributed by atoms with Gasteiger partial charge in [-0.25, -0.2) is 4.79 Å². The van der Waals surface area contributed by atoms with E-state index in [0.29, 0.717) is 32.0 Å². The summed E-state index contributed by atoms with van der Waals surface area (Å²) in [6, 6.07) is 13.5. The minimum atomic E-state index is -0.575. The highest BCUT2D eigenvalue weighted by atomic mass is 16.6. The molecule has 2 aliphatic heterocycles. The summed E-state index contributed by atoms with van der Waals surface area (Å²) in [6.07, 6.45) is 3.92. The van der Waals surface area contributed by atoms with Gasteiger partial charge in [-0.1, -0.05) is 36.4 Å². The molecule has 2 fully saturated rings. The summed E-state index contributed by atoms with van der Waals surface area (Å²) in [5.41, 5.74) is 1.57. The summed E-state index contributed by atoms with van der Waals surface area (Å²) >= 11 is 0. The van der Waals surface area contributed by atoms with Gasteiger partial charge < -0.3 is 14.5 Å². The molecule has 0 aliphatic carbocycles. The smallest absolute Gasteiger partial charge is 0.410 e. The fraction of sp³-hybridized carbons (Fsp3) is 0.458. The Morgan fingerprint density at radius 1 is 1.03 bits per heavy atom. The molecule has 158 valence electrons. The molecule has 6 heteroatoms. The van der Waals surface area contributed by atoms with Gasteiger partial charge >= 0.3 is 6.09 Å². The molecule has 2 aliphatic rings. The van der Waals surface area contributed by atoms with Crippen LogP contribution in [0.2, 0.25) is 0 Å². The highest BCUT2D eigenvalue weighted by Gasteiger charge is 2.46. The van der Waals surface area contributed by atoms with Gasteiger partial charge in [0.05, 0.1) is 12.0 Å². The van der Waals surface area contributed by atoms with Crippen LogP contribution in [0, 0.1) is 5.92 Å². The van der Waals surface area contributed by atoms with Gasteiger partial charge in [0.25, 0.3) is 0 Å². The number of benzene rings is 1. The number of rotatable bonds is 3. The summed E-state index contributed by atoms with van der Waals surface area (Å²) in [4.78, 5) is 34.1. The predicted octanol–water partition coefficient (Wildman–Crippen LogP) is 4.01. The third kappa shape index (κ3) is 4.18. The van der Waals surface area contributed by atoms with Gasteiger partial charge in [0, 0.05) is 37.9 Å². The average Bonchev–Trinajstić information content (AvgIpc) is 3.12. The lowest BCUT2D eigenvalue weighted by molar-refractivity contribution is -0.140. The Bertz CT molecular complexity index is 889. The number of likely N-dealkylation sites (tertiary alicyclic amines) is 2. The van der Waals surface area contributed by atoms with Crippen LogP contribution in [-0.2, 0) is 9.53 Å². The van der Waals surface area contributed by atoms with E-state index in [2.05, 4.69) is 11.1 Å². The van der Waals surface area contributed by atoms with Gasteiger partial charge in [-0.05, 0) is 44.4 Å². The highest BCUT2D eigenvalue weighted by Crippen LogP contribution is 2.41. The van der Waals surface area contributed by atoms with Crippen molar-refractivity contribution >= 4 is 12.0 Å². The van der Waals surface area contributed by atoms with E-state index in [-0.39, 0.29) is 24.0 Å². The van der Waals surface area contributed by atoms with Crippen LogP contribution in [0.1, 0.15) is 50.3 Å². The molecule has 1 aromatic heterocycles. The zero-order valence-electron chi connectivity index (χ0n) is 17.8. The second kappa shape index (κ2) is 8.09. The van der Waals surface area contributed by atoms with Crippen LogP contribution in [0.25, 0.3) is 0 Å².